The molecule has 1 aliphatic heterocycles. The summed E-state index contributed by atoms with van der Waals surface area (Å²) in [6.45, 7) is 3.53. The number of halogens is 1. The first-order valence-corrected chi connectivity index (χ1v) is 9.65. The minimum absolute atomic E-state index is 0.0560. The van der Waals surface area contributed by atoms with Gasteiger partial charge in [-0.1, -0.05) is 11.6 Å². The van der Waals surface area contributed by atoms with Crippen LogP contribution in [0.1, 0.15) is 24.2 Å². The Balaban J connectivity index is 1.75. The Labute approximate surface area is 156 Å². The molecule has 138 valence electrons. The third kappa shape index (κ3) is 3.92. The highest BCUT2D eigenvalue weighted by Gasteiger charge is 2.21. The lowest BCUT2D eigenvalue weighted by molar-refractivity contribution is 0.102. The summed E-state index contributed by atoms with van der Waals surface area (Å²) < 4.78 is 37.2. The fourth-order valence-corrected chi connectivity index (χ4v) is 3.91. The van der Waals surface area contributed by atoms with Gasteiger partial charge < -0.3 is 14.8 Å². The summed E-state index contributed by atoms with van der Waals surface area (Å²) in [5, 5.41) is 2.97. The van der Waals surface area contributed by atoms with E-state index in [4.69, 9.17) is 21.1 Å². The molecule has 0 aromatic heterocycles. The van der Waals surface area contributed by atoms with Crippen molar-refractivity contribution in [1.29, 1.82) is 0 Å². The lowest BCUT2D eigenvalue weighted by Gasteiger charge is -2.11. The molecule has 26 heavy (non-hydrogen) atoms. The van der Waals surface area contributed by atoms with Crippen molar-refractivity contribution in [2.45, 2.75) is 24.8 Å². The van der Waals surface area contributed by atoms with E-state index in [1.807, 2.05) is 0 Å². The number of nitrogens with one attached hydrogen (secondary N) is 2. The van der Waals surface area contributed by atoms with Crippen molar-refractivity contribution in [1.82, 2.24) is 4.72 Å². The van der Waals surface area contributed by atoms with Gasteiger partial charge in [0.1, 0.15) is 0 Å². The third-order valence-electron chi connectivity index (χ3n) is 3.50. The maximum Gasteiger partial charge on any atom is 0.255 e. The number of ether oxygens (including phenoxy) is 2. The maximum absolute atomic E-state index is 12.4. The van der Waals surface area contributed by atoms with Gasteiger partial charge in [-0.15, -0.1) is 0 Å². The number of carbonyl (C=O) groups is 1. The Kier molecular flexibility index (Phi) is 5.08. The Morgan fingerprint density at radius 1 is 1.15 bits per heavy atom. The molecule has 2 aromatic carbocycles. The first-order valence-electron chi connectivity index (χ1n) is 7.79. The molecule has 0 saturated carbocycles. The molecule has 0 aliphatic carbocycles. The molecule has 1 aliphatic rings. The highest BCUT2D eigenvalue weighted by atomic mass is 35.5. The zero-order valence-corrected chi connectivity index (χ0v) is 15.6. The van der Waals surface area contributed by atoms with Crippen molar-refractivity contribution in [2.24, 2.45) is 0 Å². The maximum atomic E-state index is 12.4. The number of rotatable bonds is 5. The molecule has 0 spiro atoms. The molecule has 2 aromatic rings. The number of amides is 1. The van der Waals surface area contributed by atoms with Crippen molar-refractivity contribution in [2.75, 3.05) is 12.1 Å². The van der Waals surface area contributed by atoms with Gasteiger partial charge in [0.25, 0.3) is 5.91 Å². The molecule has 9 heteroatoms. The van der Waals surface area contributed by atoms with Crippen LogP contribution in [0.2, 0.25) is 5.02 Å². The van der Waals surface area contributed by atoms with Crippen molar-refractivity contribution in [3.05, 3.63) is 47.0 Å². The van der Waals surface area contributed by atoms with Crippen molar-refractivity contribution in [3.63, 3.8) is 0 Å². The summed E-state index contributed by atoms with van der Waals surface area (Å²) in [6, 6.07) is 8.68. The minimum atomic E-state index is -3.58. The standard InChI is InChI=1S/C17H17ClN2O5S/c1-10(2)20-26(22,23)13-5-3-12(4-6-13)19-17(21)11-7-14(18)16-15(8-11)24-9-25-16/h3-8,10,20H,9H2,1-2H3,(H,19,21). The van der Waals surface area contributed by atoms with E-state index in [1.54, 1.807) is 13.8 Å². The van der Waals surface area contributed by atoms with Gasteiger partial charge in [-0.25, -0.2) is 13.1 Å². The fraction of sp³-hybridized carbons (Fsp3) is 0.235. The minimum Gasteiger partial charge on any atom is -0.454 e. The van der Waals surface area contributed by atoms with Crippen LogP contribution in [0.15, 0.2) is 41.3 Å². The van der Waals surface area contributed by atoms with Gasteiger partial charge in [0.2, 0.25) is 16.8 Å². The van der Waals surface area contributed by atoms with Gasteiger partial charge in [-0.3, -0.25) is 4.79 Å². The number of hydrogen-bond acceptors (Lipinski definition) is 5. The molecule has 3 rings (SSSR count). The lowest BCUT2D eigenvalue weighted by Crippen LogP contribution is -2.30. The van der Waals surface area contributed by atoms with Crippen LogP contribution in [0.25, 0.3) is 0 Å². The van der Waals surface area contributed by atoms with E-state index >= 15 is 0 Å². The van der Waals surface area contributed by atoms with E-state index in [9.17, 15) is 13.2 Å². The summed E-state index contributed by atoms with van der Waals surface area (Å²) in [7, 11) is -3.58. The summed E-state index contributed by atoms with van der Waals surface area (Å²) in [4.78, 5) is 12.5. The van der Waals surface area contributed by atoms with E-state index in [0.717, 1.165) is 0 Å². The average Bonchev–Trinajstić information content (AvgIpc) is 3.03. The van der Waals surface area contributed by atoms with Crippen molar-refractivity contribution in [3.8, 4) is 11.5 Å². The Morgan fingerprint density at radius 3 is 2.50 bits per heavy atom. The van der Waals surface area contributed by atoms with Gasteiger partial charge >= 0.3 is 0 Å². The van der Waals surface area contributed by atoms with Gasteiger partial charge in [0.05, 0.1) is 9.92 Å². The molecular formula is C17H17ClN2O5S. The third-order valence-corrected chi connectivity index (χ3v) is 5.46. The highest BCUT2D eigenvalue weighted by Crippen LogP contribution is 2.39. The first kappa shape index (κ1) is 18.5. The van der Waals surface area contributed by atoms with E-state index in [2.05, 4.69) is 10.0 Å². The topological polar surface area (TPSA) is 93.7 Å². The summed E-state index contributed by atoms with van der Waals surface area (Å²) in [5.74, 6) is 0.417. The summed E-state index contributed by atoms with van der Waals surface area (Å²) >= 11 is 6.08. The number of benzene rings is 2. The molecule has 1 amide bonds. The molecular weight excluding hydrogens is 380 g/mol. The Morgan fingerprint density at radius 2 is 1.85 bits per heavy atom. The number of sulfonamides is 1. The smallest absolute Gasteiger partial charge is 0.255 e. The zero-order valence-electron chi connectivity index (χ0n) is 14.1. The van der Waals surface area contributed by atoms with Gasteiger partial charge in [-0.2, -0.15) is 0 Å². The second kappa shape index (κ2) is 7.14. The molecule has 0 unspecified atom stereocenters. The normalized spacial score (nSPS) is 13.1. The van der Waals surface area contributed by atoms with E-state index in [-0.39, 0.29) is 22.8 Å². The quantitative estimate of drug-likeness (QED) is 0.810. The van der Waals surface area contributed by atoms with E-state index in [0.29, 0.717) is 22.7 Å². The van der Waals surface area contributed by atoms with Gasteiger partial charge in [0.15, 0.2) is 11.5 Å². The van der Waals surface area contributed by atoms with Gasteiger partial charge in [0, 0.05) is 17.3 Å². The second-order valence-electron chi connectivity index (χ2n) is 5.95. The molecule has 0 fully saturated rings. The van der Waals surface area contributed by atoms with Crippen LogP contribution in [0, 0.1) is 0 Å². The van der Waals surface area contributed by atoms with E-state index in [1.165, 1.54) is 36.4 Å². The summed E-state index contributed by atoms with van der Waals surface area (Å²) in [6.07, 6.45) is 0. The molecule has 0 bridgehead atoms. The van der Waals surface area contributed by atoms with Crippen LogP contribution in [0.5, 0.6) is 11.5 Å². The molecule has 7 nitrogen and oxygen atoms in total. The molecule has 1 heterocycles. The number of carbonyl (C=O) groups excluding carboxylic acids is 1. The SMILES string of the molecule is CC(C)NS(=O)(=O)c1ccc(NC(=O)c2cc(Cl)c3c(c2)OCO3)cc1. The zero-order chi connectivity index (χ0) is 18.9. The van der Waals surface area contributed by atoms with Crippen LogP contribution in [-0.2, 0) is 10.0 Å². The highest BCUT2D eigenvalue weighted by molar-refractivity contribution is 7.89. The molecule has 0 atom stereocenters. The predicted octanol–water partition coefficient (Wildman–Crippen LogP) is 3.01. The monoisotopic (exact) mass is 396 g/mol. The van der Waals surface area contributed by atoms with Crippen molar-refractivity contribution >= 4 is 33.2 Å². The Bertz CT molecular complexity index is 942. The van der Waals surface area contributed by atoms with Crippen molar-refractivity contribution < 1.29 is 22.7 Å². The number of anilines is 1. The molecule has 2 N–H and O–H groups in total. The number of fused-ring (bicyclic) bond motifs is 1. The van der Waals surface area contributed by atoms with E-state index < -0.39 is 15.9 Å². The van der Waals surface area contributed by atoms with Crippen LogP contribution in [-0.4, -0.2) is 27.2 Å². The van der Waals surface area contributed by atoms with Crippen LogP contribution in [0.4, 0.5) is 5.69 Å². The predicted molar refractivity (Wildman–Crippen MR) is 97.4 cm³/mol. The molecule has 0 radical (unpaired) electrons. The first-order chi connectivity index (χ1) is 12.3. The van der Waals surface area contributed by atoms with Crippen LogP contribution >= 0.6 is 11.6 Å². The summed E-state index contributed by atoms with van der Waals surface area (Å²) in [5.41, 5.74) is 0.754. The fourth-order valence-electron chi connectivity index (χ4n) is 2.40. The second-order valence-corrected chi connectivity index (χ2v) is 8.07. The average molecular weight is 397 g/mol. The van der Waals surface area contributed by atoms with Crippen LogP contribution in [0.3, 0.4) is 0 Å². The van der Waals surface area contributed by atoms with Crippen LogP contribution < -0.4 is 19.5 Å². The van der Waals surface area contributed by atoms with Gasteiger partial charge in [-0.05, 0) is 50.2 Å². The lowest BCUT2D eigenvalue weighted by atomic mass is 10.2. The Hall–Kier alpha value is -2.29. The number of hydrogen-bond donors (Lipinski definition) is 2. The molecule has 0 saturated heterocycles. The largest absolute Gasteiger partial charge is 0.454 e.